The summed E-state index contributed by atoms with van der Waals surface area (Å²) in [6.07, 6.45) is 2.60. The molecule has 0 aromatic heterocycles. The van der Waals surface area contributed by atoms with Gasteiger partial charge in [-0.15, -0.1) is 0 Å². The first-order valence-corrected chi connectivity index (χ1v) is 18.5. The highest BCUT2D eigenvalue weighted by molar-refractivity contribution is 6.04. The lowest BCUT2D eigenvalue weighted by atomic mass is 9.67. The first kappa shape index (κ1) is 38.1. The first-order valence-electron chi connectivity index (χ1n) is 18.5. The Hall–Kier alpha value is -7.20. The van der Waals surface area contributed by atoms with Gasteiger partial charge in [-0.25, -0.2) is 19.2 Å². The third kappa shape index (κ3) is 6.65. The average Bonchev–Trinajstić information content (AvgIpc) is 3.50. The van der Waals surface area contributed by atoms with Crippen LogP contribution in [0, 0.1) is 0 Å². The summed E-state index contributed by atoms with van der Waals surface area (Å²) in [5.74, 6) is -4.97. The molecule has 7 rings (SSSR count). The lowest BCUT2D eigenvalue weighted by Gasteiger charge is -2.35. The Kier molecular flexibility index (Phi) is 10.4. The van der Waals surface area contributed by atoms with Crippen LogP contribution in [0.15, 0.2) is 121 Å². The van der Waals surface area contributed by atoms with Gasteiger partial charge in [-0.1, -0.05) is 112 Å². The number of benzene rings is 6. The number of rotatable bonds is 14. The van der Waals surface area contributed by atoms with Gasteiger partial charge in [0.2, 0.25) is 0 Å². The van der Waals surface area contributed by atoms with Crippen LogP contribution in [0.4, 0.5) is 0 Å². The van der Waals surface area contributed by atoms with E-state index in [-0.39, 0.29) is 22.6 Å². The van der Waals surface area contributed by atoms with E-state index >= 15 is 0 Å². The van der Waals surface area contributed by atoms with Gasteiger partial charge in [0, 0.05) is 0 Å². The van der Waals surface area contributed by atoms with E-state index < -0.39 is 40.4 Å². The largest absolute Gasteiger partial charge is 0.478 e. The molecule has 1 aliphatic carbocycles. The van der Waals surface area contributed by atoms with Crippen molar-refractivity contribution in [3.05, 3.63) is 177 Å². The SMILES string of the molecule is CCCc1cc(C2(c3ccc(Oc4cccc(C(=O)O)c4C(=O)O)c(CCC)c3)c3ccccc3-c3ccccc32)ccc1Oc1cccc(C(=O)O)c1C(=O)O. The number of ether oxygens (including phenoxy) is 2. The van der Waals surface area contributed by atoms with Gasteiger partial charge >= 0.3 is 23.9 Å². The van der Waals surface area contributed by atoms with Crippen molar-refractivity contribution < 1.29 is 49.1 Å². The van der Waals surface area contributed by atoms with Crippen LogP contribution in [-0.2, 0) is 18.3 Å². The average molecular weight is 763 g/mol. The van der Waals surface area contributed by atoms with Crippen LogP contribution in [0.5, 0.6) is 23.0 Å². The molecule has 0 saturated heterocycles. The zero-order chi connectivity index (χ0) is 40.4. The molecule has 0 heterocycles. The van der Waals surface area contributed by atoms with Crippen LogP contribution in [0.1, 0.15) is 102 Å². The number of carboxylic acids is 4. The summed E-state index contributed by atoms with van der Waals surface area (Å²) >= 11 is 0. The smallest absolute Gasteiger partial charge is 0.340 e. The molecule has 0 saturated carbocycles. The summed E-state index contributed by atoms with van der Waals surface area (Å²) < 4.78 is 12.5. The zero-order valence-electron chi connectivity index (χ0n) is 31.1. The van der Waals surface area contributed by atoms with Crippen LogP contribution < -0.4 is 9.47 Å². The molecule has 0 bridgehead atoms. The fraction of sp³-hybridized carbons (Fsp3) is 0.149. The van der Waals surface area contributed by atoms with Gasteiger partial charge in [0.25, 0.3) is 0 Å². The summed E-state index contributed by atoms with van der Waals surface area (Å²) in [6.45, 7) is 4.05. The van der Waals surface area contributed by atoms with Crippen molar-refractivity contribution in [2.24, 2.45) is 0 Å². The van der Waals surface area contributed by atoms with Gasteiger partial charge in [-0.05, 0) is 93.7 Å². The number of aromatic carboxylic acids is 4. The van der Waals surface area contributed by atoms with E-state index in [4.69, 9.17) is 9.47 Å². The maximum absolute atomic E-state index is 12.3. The van der Waals surface area contributed by atoms with Crippen LogP contribution in [-0.4, -0.2) is 44.3 Å². The molecule has 4 N–H and O–H groups in total. The number of hydrogen-bond acceptors (Lipinski definition) is 6. The van der Waals surface area contributed by atoms with E-state index in [1.54, 1.807) is 12.1 Å². The highest BCUT2D eigenvalue weighted by Crippen LogP contribution is 2.57. The van der Waals surface area contributed by atoms with Crippen LogP contribution in [0.3, 0.4) is 0 Å². The molecule has 6 aromatic rings. The summed E-state index contributed by atoms with van der Waals surface area (Å²) in [7, 11) is 0. The van der Waals surface area contributed by atoms with Gasteiger partial charge in [0.15, 0.2) is 0 Å². The second-order valence-electron chi connectivity index (χ2n) is 13.8. The van der Waals surface area contributed by atoms with Crippen molar-refractivity contribution in [1.82, 2.24) is 0 Å². The summed E-state index contributed by atoms with van der Waals surface area (Å²) in [5.41, 5.74) is 5.05. The normalized spacial score (nSPS) is 12.3. The third-order valence-corrected chi connectivity index (χ3v) is 10.4. The Labute approximate surface area is 328 Å². The summed E-state index contributed by atoms with van der Waals surface area (Å²) in [6, 6.07) is 36.3. The maximum Gasteiger partial charge on any atom is 0.340 e. The van der Waals surface area contributed by atoms with Crippen molar-refractivity contribution in [3.63, 3.8) is 0 Å². The molecule has 0 spiro atoms. The molecule has 57 heavy (non-hydrogen) atoms. The van der Waals surface area contributed by atoms with Crippen molar-refractivity contribution in [2.45, 2.75) is 44.9 Å². The number of aryl methyl sites for hydroxylation is 2. The second kappa shape index (κ2) is 15.5. The first-order chi connectivity index (χ1) is 27.5. The highest BCUT2D eigenvalue weighted by atomic mass is 16.5. The van der Waals surface area contributed by atoms with Crippen molar-refractivity contribution in [1.29, 1.82) is 0 Å². The van der Waals surface area contributed by atoms with Crippen LogP contribution in [0.2, 0.25) is 0 Å². The number of carbonyl (C=O) groups is 4. The number of hydrogen-bond donors (Lipinski definition) is 4. The van der Waals surface area contributed by atoms with Gasteiger partial charge in [0.05, 0.1) is 16.5 Å². The quantitative estimate of drug-likeness (QED) is 0.0837. The van der Waals surface area contributed by atoms with E-state index in [9.17, 15) is 39.6 Å². The summed E-state index contributed by atoms with van der Waals surface area (Å²) in [4.78, 5) is 48.5. The maximum atomic E-state index is 12.3. The molecule has 0 radical (unpaired) electrons. The van der Waals surface area contributed by atoms with E-state index in [2.05, 4.69) is 36.4 Å². The molecular formula is C47H38O10. The third-order valence-electron chi connectivity index (χ3n) is 10.4. The highest BCUT2D eigenvalue weighted by Gasteiger charge is 2.46. The Morgan fingerprint density at radius 1 is 0.474 bits per heavy atom. The van der Waals surface area contributed by atoms with Crippen molar-refractivity contribution >= 4 is 23.9 Å². The minimum atomic E-state index is -1.42. The second-order valence-corrected chi connectivity index (χ2v) is 13.8. The molecule has 10 heteroatoms. The number of fused-ring (bicyclic) bond motifs is 3. The molecule has 1 aliphatic rings. The standard InChI is InChI=1S/C47H38O10/c1-3-11-27-25-29(21-23-37(27)56-39-19-9-15-33(43(48)49)41(39)45(52)53)47(35-17-7-5-13-31(35)32-14-6-8-18-36(32)47)30-22-24-38(28(26-30)12-4-2)57-40-20-10-16-34(44(50)51)42(40)46(54)55/h5-10,13-26H,3-4,11-12H2,1-2H3,(H,48,49)(H,50,51)(H,52,53)(H,54,55). The fourth-order valence-electron chi connectivity index (χ4n) is 8.04. The number of carboxylic acid groups (broad SMARTS) is 4. The molecule has 6 aromatic carbocycles. The predicted octanol–water partition coefficient (Wildman–Crippen LogP) is 10.3. The minimum Gasteiger partial charge on any atom is -0.478 e. The molecule has 0 amide bonds. The van der Waals surface area contributed by atoms with E-state index in [1.807, 2.05) is 50.2 Å². The molecule has 10 nitrogen and oxygen atoms in total. The van der Waals surface area contributed by atoms with Crippen molar-refractivity contribution in [2.75, 3.05) is 0 Å². The fourth-order valence-corrected chi connectivity index (χ4v) is 8.04. The summed E-state index contributed by atoms with van der Waals surface area (Å²) in [5, 5.41) is 39.5. The van der Waals surface area contributed by atoms with Crippen LogP contribution in [0.25, 0.3) is 11.1 Å². The zero-order valence-corrected chi connectivity index (χ0v) is 31.1. The topological polar surface area (TPSA) is 168 Å². The van der Waals surface area contributed by atoms with Gasteiger partial charge in [0.1, 0.15) is 34.1 Å². The van der Waals surface area contributed by atoms with Gasteiger partial charge < -0.3 is 29.9 Å². The predicted molar refractivity (Wildman–Crippen MR) is 213 cm³/mol. The molecule has 0 unspecified atom stereocenters. The van der Waals surface area contributed by atoms with Gasteiger partial charge in [-0.3, -0.25) is 0 Å². The molecule has 286 valence electrons. The Balaban J connectivity index is 1.44. The molecule has 0 aliphatic heterocycles. The van der Waals surface area contributed by atoms with E-state index in [0.29, 0.717) is 24.3 Å². The Bertz CT molecular complexity index is 2410. The molecule has 0 atom stereocenters. The minimum absolute atomic E-state index is 0.0847. The lowest BCUT2D eigenvalue weighted by Crippen LogP contribution is -2.29. The Morgan fingerprint density at radius 2 is 0.877 bits per heavy atom. The van der Waals surface area contributed by atoms with E-state index in [0.717, 1.165) is 57.3 Å². The monoisotopic (exact) mass is 762 g/mol. The Morgan fingerprint density at radius 3 is 1.25 bits per heavy atom. The lowest BCUT2D eigenvalue weighted by molar-refractivity contribution is 0.0649. The van der Waals surface area contributed by atoms with Gasteiger partial charge in [-0.2, -0.15) is 0 Å². The van der Waals surface area contributed by atoms with Crippen molar-refractivity contribution in [3.8, 4) is 34.1 Å². The molecule has 0 fully saturated rings. The molecular weight excluding hydrogens is 725 g/mol. The van der Waals surface area contributed by atoms with Crippen LogP contribution >= 0.6 is 0 Å². The van der Waals surface area contributed by atoms with E-state index in [1.165, 1.54) is 36.4 Å².